The van der Waals surface area contributed by atoms with Gasteiger partial charge in [-0.25, -0.2) is 27.9 Å². The first kappa shape index (κ1) is 29.6. The van der Waals surface area contributed by atoms with Crippen molar-refractivity contribution >= 4 is 55.0 Å². The highest BCUT2D eigenvalue weighted by molar-refractivity contribution is 7.89. The Morgan fingerprint density at radius 1 is 1.07 bits per heavy atom. The third-order valence-electron chi connectivity index (χ3n) is 6.09. The molecule has 0 fully saturated rings. The number of para-hydroxylation sites is 1. The summed E-state index contributed by atoms with van der Waals surface area (Å²) >= 11 is 1.38. The number of sulfonamides is 1. The third kappa shape index (κ3) is 7.30. The van der Waals surface area contributed by atoms with E-state index < -0.39 is 27.9 Å². The fourth-order valence-electron chi connectivity index (χ4n) is 4.14. The molecule has 0 aliphatic rings. The molecule has 0 aliphatic carbocycles. The minimum Gasteiger partial charge on any atom is -0.448 e. The molecule has 5 rings (SSSR count). The van der Waals surface area contributed by atoms with Gasteiger partial charge in [0.1, 0.15) is 11.3 Å². The van der Waals surface area contributed by atoms with E-state index in [1.54, 1.807) is 31.2 Å². The Morgan fingerprint density at radius 3 is 2.60 bits per heavy atom. The van der Waals surface area contributed by atoms with E-state index in [1.165, 1.54) is 42.7 Å². The maximum atomic E-state index is 13.7. The number of oxime groups is 1. The molecule has 0 radical (unpaired) electrons. The van der Waals surface area contributed by atoms with Crippen molar-refractivity contribution in [1.82, 2.24) is 14.7 Å². The highest BCUT2D eigenvalue weighted by atomic mass is 32.2. The molecule has 220 valence electrons. The SMILES string of the molecule is CC(=O)ON=C(N)c1cccc(CC(NS(=O)(=O)c2cccc(NC(=O)c3coc(C)n3)c2)c2nc3ccccc3s2)c1. The Kier molecular flexibility index (Phi) is 8.61. The second kappa shape index (κ2) is 12.5. The first-order valence-electron chi connectivity index (χ1n) is 12.9. The standard InChI is InChI=1S/C29H26N6O6S2/c1-17-31-25(16-40-17)28(37)32-21-9-6-10-22(15-21)43(38,39)35-24(29-33-23-11-3-4-12-26(23)42-29)14-19-7-5-8-20(13-19)27(30)34-41-18(2)36/h3-13,15-16,24,35H,14H2,1-2H3,(H2,30,34)(H,32,37). The lowest BCUT2D eigenvalue weighted by Crippen LogP contribution is -2.30. The molecule has 0 aliphatic heterocycles. The van der Waals surface area contributed by atoms with E-state index in [1.807, 2.05) is 30.3 Å². The number of amidine groups is 1. The minimum absolute atomic E-state index is 0.00573. The lowest BCUT2D eigenvalue weighted by molar-refractivity contribution is -0.140. The largest absolute Gasteiger partial charge is 0.448 e. The summed E-state index contributed by atoms with van der Waals surface area (Å²) < 4.78 is 36.2. The summed E-state index contributed by atoms with van der Waals surface area (Å²) in [5.41, 5.74) is 8.28. The van der Waals surface area contributed by atoms with Crippen molar-refractivity contribution in [3.05, 3.63) is 107 Å². The molecule has 3 aromatic carbocycles. The number of carbonyl (C=O) groups is 2. The zero-order valence-electron chi connectivity index (χ0n) is 23.0. The summed E-state index contributed by atoms with van der Waals surface area (Å²) in [6.45, 7) is 2.82. The summed E-state index contributed by atoms with van der Waals surface area (Å²) in [5.74, 6) is -0.824. The number of hydrogen-bond donors (Lipinski definition) is 3. The first-order valence-corrected chi connectivity index (χ1v) is 15.2. The van der Waals surface area contributed by atoms with Gasteiger partial charge in [0.05, 0.1) is 21.2 Å². The molecular formula is C29H26N6O6S2. The maximum Gasteiger partial charge on any atom is 0.332 e. The molecule has 0 spiro atoms. The fraction of sp³-hybridized carbons (Fsp3) is 0.138. The molecule has 0 saturated heterocycles. The monoisotopic (exact) mass is 618 g/mol. The Morgan fingerprint density at radius 2 is 1.86 bits per heavy atom. The molecule has 1 amide bonds. The summed E-state index contributed by atoms with van der Waals surface area (Å²) in [7, 11) is -4.10. The molecule has 1 unspecified atom stereocenters. The van der Waals surface area contributed by atoms with Gasteiger partial charge in [0.15, 0.2) is 17.4 Å². The van der Waals surface area contributed by atoms with Crippen molar-refractivity contribution in [3.8, 4) is 0 Å². The average Bonchev–Trinajstić information content (AvgIpc) is 3.62. The Balaban J connectivity index is 1.44. The number of oxazole rings is 1. The maximum absolute atomic E-state index is 13.7. The third-order valence-corrected chi connectivity index (χ3v) is 8.71. The van der Waals surface area contributed by atoms with Crippen LogP contribution in [0.3, 0.4) is 0 Å². The summed E-state index contributed by atoms with van der Waals surface area (Å²) in [5, 5.41) is 6.83. The summed E-state index contributed by atoms with van der Waals surface area (Å²) in [6.07, 6.45) is 1.44. The van der Waals surface area contributed by atoms with Gasteiger partial charge in [0, 0.05) is 25.1 Å². The number of benzene rings is 3. The Labute approximate surface area is 250 Å². The quantitative estimate of drug-likeness (QED) is 0.0891. The summed E-state index contributed by atoms with van der Waals surface area (Å²) in [4.78, 5) is 37.0. The zero-order valence-corrected chi connectivity index (χ0v) is 24.6. The van der Waals surface area contributed by atoms with Gasteiger partial charge in [0.2, 0.25) is 10.0 Å². The average molecular weight is 619 g/mol. The van der Waals surface area contributed by atoms with Crippen LogP contribution in [-0.4, -0.2) is 36.1 Å². The number of nitrogens with one attached hydrogen (secondary N) is 2. The van der Waals surface area contributed by atoms with Crippen molar-refractivity contribution in [2.45, 2.75) is 31.2 Å². The summed E-state index contributed by atoms with van der Waals surface area (Å²) in [6, 6.07) is 19.6. The van der Waals surface area contributed by atoms with Crippen LogP contribution in [0.4, 0.5) is 5.69 Å². The highest BCUT2D eigenvalue weighted by Crippen LogP contribution is 2.30. The molecule has 2 heterocycles. The number of fused-ring (bicyclic) bond motifs is 1. The number of nitrogens with two attached hydrogens (primary N) is 1. The van der Waals surface area contributed by atoms with Crippen molar-refractivity contribution < 1.29 is 27.3 Å². The number of nitrogens with zero attached hydrogens (tertiary/aromatic N) is 3. The van der Waals surface area contributed by atoms with Gasteiger partial charge in [-0.05, 0) is 48.4 Å². The van der Waals surface area contributed by atoms with Gasteiger partial charge in [-0.1, -0.05) is 41.6 Å². The van der Waals surface area contributed by atoms with Gasteiger partial charge >= 0.3 is 5.97 Å². The van der Waals surface area contributed by atoms with Crippen molar-refractivity contribution in [2.75, 3.05) is 5.32 Å². The number of aryl methyl sites for hydroxylation is 1. The molecular weight excluding hydrogens is 592 g/mol. The Hall–Kier alpha value is -4.92. The number of thiazole rings is 1. The molecule has 4 N–H and O–H groups in total. The molecule has 1 atom stereocenters. The number of amides is 1. The van der Waals surface area contributed by atoms with E-state index in [0.717, 1.165) is 15.8 Å². The van der Waals surface area contributed by atoms with Crippen LogP contribution in [0, 0.1) is 6.92 Å². The van der Waals surface area contributed by atoms with Crippen LogP contribution in [0.1, 0.15) is 45.5 Å². The topological polar surface area (TPSA) is 179 Å². The van der Waals surface area contributed by atoms with E-state index in [9.17, 15) is 18.0 Å². The molecule has 14 heteroatoms. The number of rotatable bonds is 10. The lowest BCUT2D eigenvalue weighted by Gasteiger charge is -2.18. The molecule has 5 aromatic rings. The van der Waals surface area contributed by atoms with E-state index in [4.69, 9.17) is 15.1 Å². The Bertz CT molecular complexity index is 1920. The van der Waals surface area contributed by atoms with Crippen LogP contribution >= 0.6 is 11.3 Å². The normalized spacial score (nSPS) is 12.7. The molecule has 2 aromatic heterocycles. The predicted octanol–water partition coefficient (Wildman–Crippen LogP) is 4.29. The molecule has 0 bridgehead atoms. The van der Waals surface area contributed by atoms with E-state index in [2.05, 4.69) is 25.0 Å². The van der Waals surface area contributed by atoms with Crippen LogP contribution in [0.2, 0.25) is 0 Å². The highest BCUT2D eigenvalue weighted by Gasteiger charge is 2.25. The molecule has 0 saturated carbocycles. The minimum atomic E-state index is -4.10. The second-order valence-corrected chi connectivity index (χ2v) is 12.2. The first-order chi connectivity index (χ1) is 20.6. The van der Waals surface area contributed by atoms with E-state index in [0.29, 0.717) is 16.5 Å². The van der Waals surface area contributed by atoms with Gasteiger partial charge in [-0.15, -0.1) is 11.3 Å². The van der Waals surface area contributed by atoms with Gasteiger partial charge in [-0.2, -0.15) is 0 Å². The number of aromatic nitrogens is 2. The van der Waals surface area contributed by atoms with Crippen molar-refractivity contribution in [3.63, 3.8) is 0 Å². The van der Waals surface area contributed by atoms with Crippen LogP contribution in [-0.2, 0) is 26.1 Å². The van der Waals surface area contributed by atoms with Crippen LogP contribution in [0.15, 0.2) is 93.5 Å². The molecule has 12 nitrogen and oxygen atoms in total. The number of anilines is 1. The fourth-order valence-corrected chi connectivity index (χ4v) is 6.48. The zero-order chi connectivity index (χ0) is 30.6. The van der Waals surface area contributed by atoms with Crippen molar-refractivity contribution in [1.29, 1.82) is 0 Å². The van der Waals surface area contributed by atoms with Crippen LogP contribution in [0.25, 0.3) is 10.2 Å². The predicted molar refractivity (Wildman–Crippen MR) is 161 cm³/mol. The van der Waals surface area contributed by atoms with Gasteiger partial charge in [-0.3, -0.25) is 4.79 Å². The van der Waals surface area contributed by atoms with Crippen molar-refractivity contribution in [2.24, 2.45) is 10.9 Å². The number of carbonyl (C=O) groups excluding carboxylic acids is 2. The van der Waals surface area contributed by atoms with Gasteiger partial charge < -0.3 is 20.3 Å². The van der Waals surface area contributed by atoms with Gasteiger partial charge in [0.25, 0.3) is 5.91 Å². The second-order valence-electron chi connectivity index (χ2n) is 9.39. The number of hydrogen-bond acceptors (Lipinski definition) is 10. The van der Waals surface area contributed by atoms with E-state index >= 15 is 0 Å². The van der Waals surface area contributed by atoms with Crippen LogP contribution < -0.4 is 15.8 Å². The smallest absolute Gasteiger partial charge is 0.332 e. The van der Waals surface area contributed by atoms with E-state index in [-0.39, 0.29) is 28.5 Å². The lowest BCUT2D eigenvalue weighted by atomic mass is 10.0. The van der Waals surface area contributed by atoms with Crippen LogP contribution in [0.5, 0.6) is 0 Å². The molecule has 43 heavy (non-hydrogen) atoms.